The second-order valence-corrected chi connectivity index (χ2v) is 3.62. The summed E-state index contributed by atoms with van der Waals surface area (Å²) in [5.74, 6) is 1.19. The molecule has 0 aliphatic carbocycles. The van der Waals surface area contributed by atoms with Gasteiger partial charge in [0.2, 0.25) is 0 Å². The normalized spacial score (nSPS) is 13.6. The van der Waals surface area contributed by atoms with Gasteiger partial charge < -0.3 is 5.11 Å². The van der Waals surface area contributed by atoms with Crippen molar-refractivity contribution < 1.29 is 9.32 Å². The molecule has 0 saturated carbocycles. The average Bonchev–Trinajstić information content (AvgIpc) is 1.85. The first-order valence-corrected chi connectivity index (χ1v) is 4.76. The van der Waals surface area contributed by atoms with Crippen molar-refractivity contribution in [2.24, 2.45) is 0 Å². The fourth-order valence-electron chi connectivity index (χ4n) is 0.509. The lowest BCUT2D eigenvalue weighted by molar-refractivity contribution is 0.321. The zero-order chi connectivity index (χ0) is 7.11. The van der Waals surface area contributed by atoms with Gasteiger partial charge in [-0.3, -0.25) is 4.21 Å². The Bertz CT molecular complexity index is 83.1. The van der Waals surface area contributed by atoms with Crippen molar-refractivity contribution in [3.8, 4) is 0 Å². The summed E-state index contributed by atoms with van der Waals surface area (Å²) in [7, 11) is -0.770. The molecule has 9 heavy (non-hydrogen) atoms. The molecule has 1 atom stereocenters. The van der Waals surface area contributed by atoms with E-state index in [1.54, 1.807) is 0 Å². The van der Waals surface area contributed by atoms with Crippen LogP contribution in [0.25, 0.3) is 0 Å². The monoisotopic (exact) mass is 150 g/mol. The van der Waals surface area contributed by atoms with Crippen molar-refractivity contribution in [1.29, 1.82) is 0 Å². The summed E-state index contributed by atoms with van der Waals surface area (Å²) < 4.78 is 10.8. The molecular weight excluding hydrogens is 136 g/mol. The molecule has 0 bridgehead atoms. The highest BCUT2D eigenvalue weighted by Crippen LogP contribution is 1.90. The lowest BCUT2D eigenvalue weighted by Gasteiger charge is -1.95. The largest absolute Gasteiger partial charge is 0.395 e. The van der Waals surface area contributed by atoms with Crippen LogP contribution in [-0.4, -0.2) is 27.4 Å². The standard InChI is InChI=1S/C6H14O2S/c1-2-3-5-9(8)6-4-7/h7H,2-6H2,1H3. The Kier molecular flexibility index (Phi) is 6.31. The van der Waals surface area contributed by atoms with Gasteiger partial charge in [0.05, 0.1) is 6.61 Å². The topological polar surface area (TPSA) is 37.3 Å². The van der Waals surface area contributed by atoms with E-state index in [1.165, 1.54) is 0 Å². The van der Waals surface area contributed by atoms with E-state index in [2.05, 4.69) is 6.92 Å². The Morgan fingerprint density at radius 1 is 1.44 bits per heavy atom. The van der Waals surface area contributed by atoms with Crippen LogP contribution in [0.2, 0.25) is 0 Å². The first-order chi connectivity index (χ1) is 4.31. The first-order valence-electron chi connectivity index (χ1n) is 3.27. The second-order valence-electron chi connectivity index (χ2n) is 1.93. The van der Waals surface area contributed by atoms with Gasteiger partial charge in [-0.05, 0) is 6.42 Å². The van der Waals surface area contributed by atoms with Gasteiger partial charge in [0.25, 0.3) is 0 Å². The maximum atomic E-state index is 10.8. The molecule has 0 aliphatic rings. The molecule has 0 aromatic carbocycles. The molecule has 0 aromatic heterocycles. The molecule has 0 saturated heterocycles. The van der Waals surface area contributed by atoms with Crippen LogP contribution in [0.1, 0.15) is 19.8 Å². The molecule has 0 rings (SSSR count). The number of aliphatic hydroxyl groups excluding tert-OH is 1. The van der Waals surface area contributed by atoms with Gasteiger partial charge in [-0.25, -0.2) is 0 Å². The van der Waals surface area contributed by atoms with Crippen LogP contribution in [0.4, 0.5) is 0 Å². The van der Waals surface area contributed by atoms with E-state index in [0.717, 1.165) is 18.6 Å². The fourth-order valence-corrected chi connectivity index (χ4v) is 1.53. The van der Waals surface area contributed by atoms with Crippen molar-refractivity contribution in [1.82, 2.24) is 0 Å². The number of hydrogen-bond donors (Lipinski definition) is 1. The smallest absolute Gasteiger partial charge is 0.0546 e. The molecule has 2 nitrogen and oxygen atoms in total. The van der Waals surface area contributed by atoms with Crippen molar-refractivity contribution in [2.45, 2.75) is 19.8 Å². The highest BCUT2D eigenvalue weighted by molar-refractivity contribution is 7.84. The summed E-state index contributed by atoms with van der Waals surface area (Å²) in [6, 6.07) is 0. The van der Waals surface area contributed by atoms with Gasteiger partial charge >= 0.3 is 0 Å². The van der Waals surface area contributed by atoms with Crippen LogP contribution in [0.5, 0.6) is 0 Å². The predicted octanol–water partition coefficient (Wildman–Crippen LogP) is 0.528. The van der Waals surface area contributed by atoms with Gasteiger partial charge in [0.15, 0.2) is 0 Å². The number of hydrogen-bond acceptors (Lipinski definition) is 2. The van der Waals surface area contributed by atoms with Crippen LogP contribution in [0.15, 0.2) is 0 Å². The maximum Gasteiger partial charge on any atom is 0.0546 e. The minimum Gasteiger partial charge on any atom is -0.395 e. The summed E-state index contributed by atoms with van der Waals surface area (Å²) in [5, 5.41) is 8.34. The van der Waals surface area contributed by atoms with E-state index in [4.69, 9.17) is 5.11 Å². The van der Waals surface area contributed by atoms with Crippen LogP contribution < -0.4 is 0 Å². The molecule has 0 aromatic rings. The van der Waals surface area contributed by atoms with Crippen molar-refractivity contribution >= 4 is 10.8 Å². The van der Waals surface area contributed by atoms with E-state index in [9.17, 15) is 4.21 Å². The Morgan fingerprint density at radius 3 is 2.56 bits per heavy atom. The fraction of sp³-hybridized carbons (Fsp3) is 1.00. The Morgan fingerprint density at radius 2 is 2.11 bits per heavy atom. The molecule has 1 N–H and O–H groups in total. The molecule has 0 aliphatic heterocycles. The zero-order valence-corrected chi connectivity index (χ0v) is 6.62. The molecule has 0 radical (unpaired) electrons. The number of aliphatic hydroxyl groups is 1. The number of unbranched alkanes of at least 4 members (excludes halogenated alkanes) is 1. The Balaban J connectivity index is 3.06. The Hall–Kier alpha value is 0.110. The van der Waals surface area contributed by atoms with Crippen LogP contribution in [0, 0.1) is 0 Å². The van der Waals surface area contributed by atoms with Crippen LogP contribution >= 0.6 is 0 Å². The van der Waals surface area contributed by atoms with E-state index >= 15 is 0 Å². The zero-order valence-electron chi connectivity index (χ0n) is 5.80. The van der Waals surface area contributed by atoms with E-state index in [0.29, 0.717) is 5.75 Å². The SMILES string of the molecule is CCCCS(=O)CCO. The first kappa shape index (κ1) is 9.11. The molecule has 0 amide bonds. The quantitative estimate of drug-likeness (QED) is 0.620. The molecule has 0 fully saturated rings. The minimum atomic E-state index is -0.770. The Labute approximate surface area is 58.7 Å². The van der Waals surface area contributed by atoms with Crippen LogP contribution in [-0.2, 0) is 10.8 Å². The predicted molar refractivity (Wildman–Crippen MR) is 39.9 cm³/mol. The summed E-state index contributed by atoms with van der Waals surface area (Å²) in [6.07, 6.45) is 2.09. The molecule has 56 valence electrons. The van der Waals surface area contributed by atoms with E-state index in [1.807, 2.05) is 0 Å². The lowest BCUT2D eigenvalue weighted by Crippen LogP contribution is -2.05. The minimum absolute atomic E-state index is 0.0519. The lowest BCUT2D eigenvalue weighted by atomic mass is 10.4. The summed E-state index contributed by atoms with van der Waals surface area (Å²) >= 11 is 0. The van der Waals surface area contributed by atoms with Gasteiger partial charge in [-0.2, -0.15) is 0 Å². The summed E-state index contributed by atoms with van der Waals surface area (Å²) in [6.45, 7) is 2.12. The average molecular weight is 150 g/mol. The molecular formula is C6H14O2S. The molecule has 0 spiro atoms. The van der Waals surface area contributed by atoms with Gasteiger partial charge in [-0.1, -0.05) is 13.3 Å². The van der Waals surface area contributed by atoms with Gasteiger partial charge in [-0.15, -0.1) is 0 Å². The van der Waals surface area contributed by atoms with Gasteiger partial charge in [0.1, 0.15) is 0 Å². The van der Waals surface area contributed by atoms with Crippen molar-refractivity contribution in [2.75, 3.05) is 18.1 Å². The molecule has 1 unspecified atom stereocenters. The molecule has 3 heteroatoms. The highest BCUT2D eigenvalue weighted by Gasteiger charge is 1.95. The molecule has 0 heterocycles. The second kappa shape index (κ2) is 6.23. The van der Waals surface area contributed by atoms with Crippen molar-refractivity contribution in [3.63, 3.8) is 0 Å². The van der Waals surface area contributed by atoms with E-state index < -0.39 is 10.8 Å². The summed E-state index contributed by atoms with van der Waals surface area (Å²) in [4.78, 5) is 0. The third kappa shape index (κ3) is 5.99. The summed E-state index contributed by atoms with van der Waals surface area (Å²) in [5.41, 5.74) is 0. The highest BCUT2D eigenvalue weighted by atomic mass is 32.2. The van der Waals surface area contributed by atoms with Crippen molar-refractivity contribution in [3.05, 3.63) is 0 Å². The third-order valence-corrected chi connectivity index (χ3v) is 2.43. The maximum absolute atomic E-state index is 10.8. The third-order valence-electron chi connectivity index (χ3n) is 1.04. The van der Waals surface area contributed by atoms with Gasteiger partial charge in [0, 0.05) is 22.3 Å². The number of rotatable bonds is 5. The van der Waals surface area contributed by atoms with Crippen LogP contribution in [0.3, 0.4) is 0 Å². The van der Waals surface area contributed by atoms with E-state index in [-0.39, 0.29) is 6.61 Å².